The van der Waals surface area contributed by atoms with Gasteiger partial charge in [-0.05, 0) is 49.6 Å². The zero-order chi connectivity index (χ0) is 27.1. The maximum Gasteiger partial charge on any atom is 0.272 e. The largest absolute Gasteiger partial charge is 0.352 e. The summed E-state index contributed by atoms with van der Waals surface area (Å²) in [7, 11) is 0. The van der Waals surface area contributed by atoms with Crippen LogP contribution in [0.2, 0.25) is 0 Å². The van der Waals surface area contributed by atoms with Crippen LogP contribution in [-0.4, -0.2) is 32.9 Å². The fourth-order valence-electron chi connectivity index (χ4n) is 4.10. The average molecular weight is 506 g/mol. The van der Waals surface area contributed by atoms with Gasteiger partial charge in [0.05, 0.1) is 17.1 Å². The highest BCUT2D eigenvalue weighted by atomic mass is 16.2. The Kier molecular flexibility index (Phi) is 8.09. The summed E-state index contributed by atoms with van der Waals surface area (Å²) < 4.78 is 1.60. The molecule has 0 spiro atoms. The minimum atomic E-state index is -0.524. The Hall–Kier alpha value is -5.03. The second-order valence-electron chi connectivity index (χ2n) is 8.55. The van der Waals surface area contributed by atoms with Crippen LogP contribution in [0, 0.1) is 18.8 Å². The number of nitrogens with zero attached hydrogens (tertiary/aromatic N) is 3. The monoisotopic (exact) mass is 505 g/mol. The molecule has 4 aromatic rings. The minimum absolute atomic E-state index is 0.232. The van der Waals surface area contributed by atoms with Crippen molar-refractivity contribution in [2.75, 3.05) is 6.54 Å². The number of hydrogen-bond donors (Lipinski definition) is 2. The quantitative estimate of drug-likeness (QED) is 0.227. The van der Waals surface area contributed by atoms with Gasteiger partial charge in [0.25, 0.3) is 11.5 Å². The Bertz CT molecular complexity index is 1630. The minimum Gasteiger partial charge on any atom is -0.352 e. The smallest absolute Gasteiger partial charge is 0.272 e. The van der Waals surface area contributed by atoms with E-state index in [1.54, 1.807) is 17.6 Å². The van der Waals surface area contributed by atoms with E-state index < -0.39 is 6.04 Å². The average Bonchev–Trinajstić information content (AvgIpc) is 2.93. The molecule has 0 aliphatic heterocycles. The SMILES string of the molecule is C=CC(=O)NCCC#Cc1cccc2cc(C(C)NC(=O)c3nccnc3C)n(-c3ccccc3)c(=O)c12. The highest BCUT2D eigenvalue weighted by Crippen LogP contribution is 2.23. The van der Waals surface area contributed by atoms with Crippen molar-refractivity contribution < 1.29 is 9.59 Å². The molecule has 8 heteroatoms. The zero-order valence-electron chi connectivity index (χ0n) is 21.2. The summed E-state index contributed by atoms with van der Waals surface area (Å²) >= 11 is 0. The molecule has 1 atom stereocenters. The molecule has 2 amide bonds. The molecule has 2 aromatic heterocycles. The van der Waals surface area contributed by atoms with Crippen molar-refractivity contribution in [3.8, 4) is 17.5 Å². The molecule has 0 bridgehead atoms. The lowest BCUT2D eigenvalue weighted by Crippen LogP contribution is -2.33. The van der Waals surface area contributed by atoms with E-state index in [1.165, 1.54) is 18.5 Å². The van der Waals surface area contributed by atoms with Gasteiger partial charge >= 0.3 is 0 Å². The first-order valence-corrected chi connectivity index (χ1v) is 12.1. The van der Waals surface area contributed by atoms with Gasteiger partial charge in [-0.25, -0.2) is 4.98 Å². The summed E-state index contributed by atoms with van der Waals surface area (Å²) in [5.74, 6) is 5.48. The Morgan fingerprint density at radius 3 is 2.61 bits per heavy atom. The van der Waals surface area contributed by atoms with Crippen LogP contribution in [0.25, 0.3) is 16.5 Å². The number of aromatic nitrogens is 3. The van der Waals surface area contributed by atoms with Crippen LogP contribution in [-0.2, 0) is 4.79 Å². The first kappa shape index (κ1) is 26.0. The van der Waals surface area contributed by atoms with Crippen LogP contribution >= 0.6 is 0 Å². The molecule has 0 radical (unpaired) electrons. The standard InChI is InChI=1S/C30H27N5O3/c1-4-26(36)32-16-9-8-11-22-12-10-13-23-19-25(20(2)34-29(37)28-21(3)31-17-18-33-28)35(30(38)27(22)23)24-14-6-5-7-15-24/h4-7,10,12-15,17-20H,1,9,16H2,2-3H3,(H,32,36)(H,34,37). The van der Waals surface area contributed by atoms with Gasteiger partial charge in [0.2, 0.25) is 5.91 Å². The Labute approximate surface area is 220 Å². The Morgan fingerprint density at radius 2 is 1.87 bits per heavy atom. The molecule has 4 rings (SSSR count). The number of pyridine rings is 1. The first-order valence-electron chi connectivity index (χ1n) is 12.1. The highest BCUT2D eigenvalue weighted by molar-refractivity contribution is 5.93. The van der Waals surface area contributed by atoms with Gasteiger partial charge in [-0.1, -0.05) is 48.8 Å². The number of fused-ring (bicyclic) bond motifs is 1. The first-order chi connectivity index (χ1) is 18.4. The van der Waals surface area contributed by atoms with Crippen LogP contribution < -0.4 is 16.2 Å². The number of benzene rings is 2. The molecule has 0 aliphatic rings. The van der Waals surface area contributed by atoms with Crippen molar-refractivity contribution in [2.24, 2.45) is 0 Å². The molecule has 38 heavy (non-hydrogen) atoms. The van der Waals surface area contributed by atoms with Gasteiger partial charge in [-0.2, -0.15) is 0 Å². The molecule has 0 saturated heterocycles. The number of amides is 2. The molecular formula is C30H27N5O3. The highest BCUT2D eigenvalue weighted by Gasteiger charge is 2.21. The summed E-state index contributed by atoms with van der Waals surface area (Å²) in [5, 5.41) is 6.83. The maximum atomic E-state index is 14.0. The molecule has 2 heterocycles. The number of nitrogens with one attached hydrogen (secondary N) is 2. The van der Waals surface area contributed by atoms with Crippen molar-refractivity contribution in [2.45, 2.75) is 26.3 Å². The number of aryl methyl sites for hydroxylation is 1. The third kappa shape index (κ3) is 5.68. The van der Waals surface area contributed by atoms with E-state index in [2.05, 4.69) is 39.0 Å². The van der Waals surface area contributed by atoms with E-state index >= 15 is 0 Å². The second kappa shape index (κ2) is 11.8. The molecule has 0 aliphatic carbocycles. The van der Waals surface area contributed by atoms with E-state index in [0.29, 0.717) is 46.4 Å². The van der Waals surface area contributed by atoms with Gasteiger partial charge in [0.1, 0.15) is 5.69 Å². The molecule has 2 N–H and O–H groups in total. The van der Waals surface area contributed by atoms with E-state index in [4.69, 9.17) is 0 Å². The van der Waals surface area contributed by atoms with Gasteiger partial charge < -0.3 is 10.6 Å². The number of carbonyl (C=O) groups excluding carboxylic acids is 2. The summed E-state index contributed by atoms with van der Waals surface area (Å²) in [5.41, 5.74) is 2.37. The predicted molar refractivity (Wildman–Crippen MR) is 147 cm³/mol. The molecule has 2 aromatic carbocycles. The third-order valence-electron chi connectivity index (χ3n) is 5.93. The molecule has 8 nitrogen and oxygen atoms in total. The summed E-state index contributed by atoms with van der Waals surface area (Å²) in [6.45, 7) is 7.35. The van der Waals surface area contributed by atoms with Crippen LogP contribution in [0.1, 0.15) is 46.8 Å². The number of carbonyl (C=O) groups is 2. The van der Waals surface area contributed by atoms with Crippen LogP contribution in [0.4, 0.5) is 0 Å². The van der Waals surface area contributed by atoms with E-state index in [9.17, 15) is 14.4 Å². The summed E-state index contributed by atoms with van der Waals surface area (Å²) in [6, 6.07) is 16.1. The second-order valence-corrected chi connectivity index (χ2v) is 8.55. The predicted octanol–water partition coefficient (Wildman–Crippen LogP) is 3.62. The van der Waals surface area contributed by atoms with Crippen LogP contribution in [0.15, 0.2) is 84.4 Å². The summed E-state index contributed by atoms with van der Waals surface area (Å²) in [6.07, 6.45) is 4.63. The third-order valence-corrected chi connectivity index (χ3v) is 5.93. The lowest BCUT2D eigenvalue weighted by atomic mass is 10.0. The number of hydrogen-bond acceptors (Lipinski definition) is 5. The van der Waals surface area contributed by atoms with Gasteiger partial charge in [0, 0.05) is 42.3 Å². The topological polar surface area (TPSA) is 106 Å². The van der Waals surface area contributed by atoms with Crippen molar-refractivity contribution in [1.29, 1.82) is 0 Å². The van der Waals surface area contributed by atoms with Crippen molar-refractivity contribution in [3.63, 3.8) is 0 Å². The lowest BCUT2D eigenvalue weighted by Gasteiger charge is -2.21. The normalized spacial score (nSPS) is 11.2. The molecule has 1 unspecified atom stereocenters. The molecule has 0 saturated carbocycles. The Morgan fingerprint density at radius 1 is 1.11 bits per heavy atom. The number of para-hydroxylation sites is 1. The molecule has 0 fully saturated rings. The molecular weight excluding hydrogens is 478 g/mol. The van der Waals surface area contributed by atoms with E-state index in [1.807, 2.05) is 55.5 Å². The number of rotatable bonds is 7. The molecule has 190 valence electrons. The summed E-state index contributed by atoms with van der Waals surface area (Å²) in [4.78, 5) is 46.6. The van der Waals surface area contributed by atoms with Crippen molar-refractivity contribution in [3.05, 3.63) is 113 Å². The zero-order valence-corrected chi connectivity index (χ0v) is 21.2. The van der Waals surface area contributed by atoms with Crippen molar-refractivity contribution in [1.82, 2.24) is 25.2 Å². The Balaban J connectivity index is 1.77. The van der Waals surface area contributed by atoms with E-state index in [-0.39, 0.29) is 23.1 Å². The van der Waals surface area contributed by atoms with Gasteiger partial charge in [0.15, 0.2) is 0 Å². The van der Waals surface area contributed by atoms with Gasteiger partial charge in [-0.3, -0.25) is 23.9 Å². The van der Waals surface area contributed by atoms with Crippen molar-refractivity contribution >= 4 is 22.6 Å². The van der Waals surface area contributed by atoms with E-state index in [0.717, 1.165) is 0 Å². The van der Waals surface area contributed by atoms with Gasteiger partial charge in [-0.15, -0.1) is 0 Å². The maximum absolute atomic E-state index is 14.0. The van der Waals surface area contributed by atoms with Crippen LogP contribution in [0.3, 0.4) is 0 Å². The lowest BCUT2D eigenvalue weighted by molar-refractivity contribution is -0.116. The fourth-order valence-corrected chi connectivity index (χ4v) is 4.10. The van der Waals surface area contributed by atoms with Crippen LogP contribution in [0.5, 0.6) is 0 Å². The fraction of sp³-hybridized carbons (Fsp3) is 0.167.